The molecule has 4 aromatic rings. The number of hydrogen-bond acceptors (Lipinski definition) is 5. The van der Waals surface area contributed by atoms with E-state index in [1.165, 1.54) is 0 Å². The second kappa shape index (κ2) is 10.6. The second-order valence-corrected chi connectivity index (χ2v) is 9.27. The summed E-state index contributed by atoms with van der Waals surface area (Å²) in [5.74, 6) is 6.31. The van der Waals surface area contributed by atoms with Crippen LogP contribution in [-0.4, -0.2) is 32.9 Å². The maximum Gasteiger partial charge on any atom is 0.253 e. The first-order chi connectivity index (χ1) is 18.4. The monoisotopic (exact) mass is 504 g/mol. The number of anilines is 1. The molecule has 5 rings (SSSR count). The largest absolute Gasteiger partial charge is 0.368 e. The third kappa shape index (κ3) is 5.27. The van der Waals surface area contributed by atoms with E-state index in [1.807, 2.05) is 79.2 Å². The highest BCUT2D eigenvalue weighted by Gasteiger charge is 2.24. The summed E-state index contributed by atoms with van der Waals surface area (Å²) in [7, 11) is 1.91. The van der Waals surface area contributed by atoms with Crippen LogP contribution in [-0.2, 0) is 24.7 Å². The van der Waals surface area contributed by atoms with E-state index in [4.69, 9.17) is 5.73 Å². The summed E-state index contributed by atoms with van der Waals surface area (Å²) in [6.07, 6.45) is 2.59. The minimum atomic E-state index is -0.0956. The Bertz CT molecular complexity index is 1580. The predicted octanol–water partition coefficient (Wildman–Crippen LogP) is 3.17. The van der Waals surface area contributed by atoms with Crippen molar-refractivity contribution in [1.29, 1.82) is 0 Å². The lowest BCUT2D eigenvalue weighted by Crippen LogP contribution is -2.31. The molecule has 38 heavy (non-hydrogen) atoms. The normalized spacial score (nSPS) is 13.1. The Balaban J connectivity index is 1.37. The van der Waals surface area contributed by atoms with Gasteiger partial charge in [0.05, 0.1) is 29.3 Å². The lowest BCUT2D eigenvalue weighted by atomic mass is 10.1. The van der Waals surface area contributed by atoms with E-state index >= 15 is 0 Å². The quantitative estimate of drug-likeness (QED) is 0.361. The van der Waals surface area contributed by atoms with Crippen molar-refractivity contribution in [1.82, 2.24) is 25.2 Å². The molecule has 2 amide bonds. The van der Waals surface area contributed by atoms with Crippen molar-refractivity contribution in [3.05, 3.63) is 100 Å². The molecular formula is C30H28N6O2. The lowest BCUT2D eigenvalue weighted by Gasteiger charge is -2.14. The number of rotatable bonds is 5. The Morgan fingerprint density at radius 2 is 1.97 bits per heavy atom. The number of nitrogens with zero attached hydrogens (tertiary/aromatic N) is 3. The van der Waals surface area contributed by atoms with Crippen LogP contribution in [0.25, 0.3) is 11.4 Å². The summed E-state index contributed by atoms with van der Waals surface area (Å²) < 4.78 is 1.97. The van der Waals surface area contributed by atoms with Gasteiger partial charge in [-0.3, -0.25) is 9.59 Å². The first-order valence-corrected chi connectivity index (χ1v) is 12.4. The Kier molecular flexibility index (Phi) is 6.92. The Morgan fingerprint density at radius 1 is 1.16 bits per heavy atom. The maximum atomic E-state index is 12.7. The van der Waals surface area contributed by atoms with Gasteiger partial charge in [0.2, 0.25) is 11.9 Å². The fourth-order valence-electron chi connectivity index (χ4n) is 4.64. The van der Waals surface area contributed by atoms with Crippen LogP contribution < -0.4 is 16.4 Å². The van der Waals surface area contributed by atoms with Crippen LogP contribution in [0.2, 0.25) is 0 Å². The summed E-state index contributed by atoms with van der Waals surface area (Å²) >= 11 is 0. The summed E-state index contributed by atoms with van der Waals surface area (Å²) in [5, 5.41) is 5.92. The van der Waals surface area contributed by atoms with Gasteiger partial charge in [0, 0.05) is 37.5 Å². The summed E-state index contributed by atoms with van der Waals surface area (Å²) in [6.45, 7) is 2.57. The number of aromatic nitrogens is 3. The van der Waals surface area contributed by atoms with Gasteiger partial charge in [-0.1, -0.05) is 54.3 Å². The van der Waals surface area contributed by atoms with Crippen LogP contribution in [0.4, 0.5) is 5.95 Å². The van der Waals surface area contributed by atoms with Crippen LogP contribution in [0.5, 0.6) is 0 Å². The standard InChI is InChI=1S/C30H28N6O2/c1-19(22-9-4-3-5-10-22)34-27(37)16-21-8-6-7-20(15-21)11-12-23-18-33-30(31)35-28(23)26-17-24-25(36(26)2)13-14-32-29(24)38/h3-10,15,17-19H,13-14,16H2,1-2H3,(H,32,38)(H,34,37)(H2,31,33,35)/t19-/m0/s1. The number of amides is 2. The number of benzene rings is 2. The van der Waals surface area contributed by atoms with Gasteiger partial charge in [-0.25, -0.2) is 9.97 Å². The molecule has 0 saturated carbocycles. The van der Waals surface area contributed by atoms with E-state index in [9.17, 15) is 9.59 Å². The molecule has 190 valence electrons. The van der Waals surface area contributed by atoms with Gasteiger partial charge in [-0.15, -0.1) is 0 Å². The molecule has 1 aliphatic rings. The topological polar surface area (TPSA) is 115 Å². The Morgan fingerprint density at radius 3 is 2.76 bits per heavy atom. The molecule has 2 aromatic heterocycles. The number of hydrogen-bond donors (Lipinski definition) is 3. The Labute approximate surface area is 221 Å². The molecule has 1 atom stereocenters. The van der Waals surface area contributed by atoms with E-state index < -0.39 is 0 Å². The third-order valence-electron chi connectivity index (χ3n) is 6.61. The number of nitrogens with two attached hydrogens (primary N) is 1. The molecule has 0 fully saturated rings. The number of nitrogen functional groups attached to an aromatic ring is 1. The molecular weight excluding hydrogens is 476 g/mol. The summed E-state index contributed by atoms with van der Waals surface area (Å²) in [4.78, 5) is 33.6. The zero-order valence-electron chi connectivity index (χ0n) is 21.3. The van der Waals surface area contributed by atoms with Crippen LogP contribution in [0, 0.1) is 11.8 Å². The van der Waals surface area contributed by atoms with E-state index in [-0.39, 0.29) is 30.2 Å². The Hall–Kier alpha value is -4.90. The average molecular weight is 505 g/mol. The maximum absolute atomic E-state index is 12.7. The zero-order chi connectivity index (χ0) is 26.6. The minimum Gasteiger partial charge on any atom is -0.368 e. The van der Waals surface area contributed by atoms with E-state index in [0.717, 1.165) is 34.5 Å². The molecule has 0 radical (unpaired) electrons. The SMILES string of the molecule is C[C@H](NC(=O)Cc1cccc(C#Cc2cnc(N)nc2-c2cc3c(n2C)CCNC3=O)c1)c1ccccc1. The molecule has 0 saturated heterocycles. The molecule has 8 heteroatoms. The third-order valence-corrected chi connectivity index (χ3v) is 6.61. The van der Waals surface area contributed by atoms with Gasteiger partial charge >= 0.3 is 0 Å². The molecule has 0 bridgehead atoms. The van der Waals surface area contributed by atoms with Crippen molar-refractivity contribution in [2.45, 2.75) is 25.8 Å². The first-order valence-electron chi connectivity index (χ1n) is 12.4. The van der Waals surface area contributed by atoms with E-state index in [2.05, 4.69) is 32.4 Å². The van der Waals surface area contributed by atoms with Gasteiger partial charge in [0.1, 0.15) is 5.69 Å². The number of nitrogens with one attached hydrogen (secondary N) is 2. The first kappa shape index (κ1) is 24.8. The minimum absolute atomic E-state index is 0.0580. The number of carbonyl (C=O) groups is 2. The van der Waals surface area contributed by atoms with Crippen LogP contribution in [0.15, 0.2) is 66.9 Å². The highest BCUT2D eigenvalue weighted by molar-refractivity contribution is 5.98. The van der Waals surface area contributed by atoms with Crippen molar-refractivity contribution < 1.29 is 9.59 Å². The number of fused-ring (bicyclic) bond motifs is 1. The van der Waals surface area contributed by atoms with Gasteiger partial charge in [0.25, 0.3) is 5.91 Å². The number of carbonyl (C=O) groups excluding carboxylic acids is 2. The molecule has 0 aliphatic carbocycles. The zero-order valence-corrected chi connectivity index (χ0v) is 21.3. The van der Waals surface area contributed by atoms with Gasteiger partial charge in [-0.05, 0) is 36.2 Å². The van der Waals surface area contributed by atoms with Crippen molar-refractivity contribution in [2.24, 2.45) is 7.05 Å². The predicted molar refractivity (Wildman–Crippen MR) is 146 cm³/mol. The molecule has 0 spiro atoms. The molecule has 3 heterocycles. The van der Waals surface area contributed by atoms with Gasteiger partial charge in [-0.2, -0.15) is 0 Å². The molecule has 1 aliphatic heterocycles. The highest BCUT2D eigenvalue weighted by atomic mass is 16.2. The van der Waals surface area contributed by atoms with Crippen molar-refractivity contribution in [3.8, 4) is 23.2 Å². The summed E-state index contributed by atoms with van der Waals surface area (Å²) in [5.41, 5.74) is 12.1. The highest BCUT2D eigenvalue weighted by Crippen LogP contribution is 2.28. The molecule has 2 aromatic carbocycles. The fraction of sp³-hybridized carbons (Fsp3) is 0.200. The van der Waals surface area contributed by atoms with Crippen LogP contribution in [0.3, 0.4) is 0 Å². The van der Waals surface area contributed by atoms with Gasteiger partial charge in [0.15, 0.2) is 0 Å². The molecule has 8 nitrogen and oxygen atoms in total. The lowest BCUT2D eigenvalue weighted by molar-refractivity contribution is -0.121. The summed E-state index contributed by atoms with van der Waals surface area (Å²) in [6, 6.07) is 19.2. The average Bonchev–Trinajstić information content (AvgIpc) is 3.26. The fourth-order valence-corrected chi connectivity index (χ4v) is 4.64. The molecule has 0 unspecified atom stereocenters. The van der Waals surface area contributed by atoms with Crippen LogP contribution >= 0.6 is 0 Å². The smallest absolute Gasteiger partial charge is 0.253 e. The van der Waals surface area contributed by atoms with Crippen molar-refractivity contribution in [2.75, 3.05) is 12.3 Å². The second-order valence-electron chi connectivity index (χ2n) is 9.27. The van der Waals surface area contributed by atoms with Crippen molar-refractivity contribution >= 4 is 17.8 Å². The van der Waals surface area contributed by atoms with Crippen molar-refractivity contribution in [3.63, 3.8) is 0 Å². The molecule has 4 N–H and O–H groups in total. The van der Waals surface area contributed by atoms with E-state index in [0.29, 0.717) is 23.4 Å². The van der Waals surface area contributed by atoms with Gasteiger partial charge < -0.3 is 20.9 Å². The van der Waals surface area contributed by atoms with Crippen LogP contribution in [0.1, 0.15) is 51.3 Å². The van der Waals surface area contributed by atoms with E-state index in [1.54, 1.807) is 6.20 Å².